The van der Waals surface area contributed by atoms with E-state index in [0.717, 1.165) is 57.0 Å². The highest BCUT2D eigenvalue weighted by atomic mass is 16.5. The average molecular weight is 539 g/mol. The first-order valence-electron chi connectivity index (χ1n) is 13.9. The fraction of sp³-hybridized carbons (Fsp3) is 0.147. The SMILES string of the molecule is CCOc1ccc(C2c3c(C)nn(-c4ccccc4)c3N=C3C(Nc4ccc(C)cc4)=Nc4ccccc4N32)cc1. The summed E-state index contributed by atoms with van der Waals surface area (Å²) in [4.78, 5) is 12.7. The van der Waals surface area contributed by atoms with Crippen molar-refractivity contribution in [2.75, 3.05) is 16.8 Å². The Morgan fingerprint density at radius 3 is 2.29 bits per heavy atom. The van der Waals surface area contributed by atoms with Crippen molar-refractivity contribution in [3.05, 3.63) is 126 Å². The maximum absolute atomic E-state index is 5.78. The molecule has 0 amide bonds. The van der Waals surface area contributed by atoms with Crippen LogP contribution in [0.25, 0.3) is 5.69 Å². The van der Waals surface area contributed by atoms with Crippen LogP contribution in [-0.2, 0) is 0 Å². The van der Waals surface area contributed by atoms with Gasteiger partial charge in [0.05, 0.1) is 35.4 Å². The number of hydrogen-bond donors (Lipinski definition) is 1. The molecule has 4 aromatic carbocycles. The third-order valence-electron chi connectivity index (χ3n) is 7.46. The van der Waals surface area contributed by atoms with Gasteiger partial charge in [-0.2, -0.15) is 5.10 Å². The van der Waals surface area contributed by atoms with Gasteiger partial charge in [0.1, 0.15) is 5.75 Å². The summed E-state index contributed by atoms with van der Waals surface area (Å²) in [6.45, 7) is 6.77. The van der Waals surface area contributed by atoms with E-state index < -0.39 is 0 Å². The van der Waals surface area contributed by atoms with E-state index in [1.165, 1.54) is 5.56 Å². The third-order valence-corrected chi connectivity index (χ3v) is 7.46. The number of benzene rings is 4. The number of para-hydroxylation sites is 3. The Morgan fingerprint density at radius 1 is 0.805 bits per heavy atom. The predicted octanol–water partition coefficient (Wildman–Crippen LogP) is 7.68. The van der Waals surface area contributed by atoms with Crippen LogP contribution in [-0.4, -0.2) is 28.1 Å². The number of nitrogens with one attached hydrogen (secondary N) is 1. The highest BCUT2D eigenvalue weighted by molar-refractivity contribution is 6.51. The minimum Gasteiger partial charge on any atom is -0.494 e. The largest absolute Gasteiger partial charge is 0.494 e. The number of aliphatic imine (C=N–C) groups is 2. The summed E-state index contributed by atoms with van der Waals surface area (Å²) >= 11 is 0. The second kappa shape index (κ2) is 10.1. The van der Waals surface area contributed by atoms with E-state index in [1.807, 2.05) is 54.1 Å². The second-order valence-electron chi connectivity index (χ2n) is 10.2. The Hall–Kier alpha value is -5.17. The Kier molecular flexibility index (Phi) is 6.12. The molecule has 41 heavy (non-hydrogen) atoms. The molecule has 0 fully saturated rings. The molecule has 0 spiro atoms. The summed E-state index contributed by atoms with van der Waals surface area (Å²) in [6, 6.07) is 34.9. The summed E-state index contributed by atoms with van der Waals surface area (Å²) < 4.78 is 7.72. The molecule has 1 aromatic heterocycles. The maximum Gasteiger partial charge on any atom is 0.179 e. The average Bonchev–Trinajstić information content (AvgIpc) is 3.34. The van der Waals surface area contributed by atoms with E-state index in [2.05, 4.69) is 84.7 Å². The molecule has 1 atom stereocenters. The Bertz CT molecular complexity index is 1790. The predicted molar refractivity (Wildman–Crippen MR) is 166 cm³/mol. The lowest BCUT2D eigenvalue weighted by molar-refractivity contribution is 0.340. The van der Waals surface area contributed by atoms with Crippen molar-refractivity contribution in [2.45, 2.75) is 26.8 Å². The van der Waals surface area contributed by atoms with E-state index in [4.69, 9.17) is 19.8 Å². The van der Waals surface area contributed by atoms with Gasteiger partial charge in [-0.25, -0.2) is 14.7 Å². The molecular formula is C34H30N6O. The van der Waals surface area contributed by atoms with Crippen LogP contribution in [0, 0.1) is 13.8 Å². The number of rotatable bonds is 5. The summed E-state index contributed by atoms with van der Waals surface area (Å²) in [5, 5.41) is 8.59. The molecule has 0 aliphatic carbocycles. The van der Waals surface area contributed by atoms with Crippen LogP contribution in [0.2, 0.25) is 0 Å². The Balaban J connectivity index is 1.46. The minimum atomic E-state index is -0.183. The highest BCUT2D eigenvalue weighted by Crippen LogP contribution is 2.48. The van der Waals surface area contributed by atoms with Crippen LogP contribution >= 0.6 is 0 Å². The number of anilines is 2. The van der Waals surface area contributed by atoms with Crippen LogP contribution in [0.15, 0.2) is 113 Å². The number of aromatic nitrogens is 2. The number of ether oxygens (including phenoxy) is 1. The minimum absolute atomic E-state index is 0.183. The van der Waals surface area contributed by atoms with Crippen molar-refractivity contribution in [3.63, 3.8) is 0 Å². The summed E-state index contributed by atoms with van der Waals surface area (Å²) in [6.07, 6.45) is 0. The van der Waals surface area contributed by atoms with Gasteiger partial charge in [-0.3, -0.25) is 0 Å². The zero-order valence-electron chi connectivity index (χ0n) is 23.2. The topological polar surface area (TPSA) is 67.0 Å². The van der Waals surface area contributed by atoms with Crippen molar-refractivity contribution in [3.8, 4) is 11.4 Å². The fourth-order valence-electron chi connectivity index (χ4n) is 5.55. The molecule has 0 saturated carbocycles. The highest BCUT2D eigenvalue weighted by Gasteiger charge is 2.41. The number of nitrogens with zero attached hydrogens (tertiary/aromatic N) is 5. The monoisotopic (exact) mass is 538 g/mol. The van der Waals surface area contributed by atoms with Crippen molar-refractivity contribution in [1.29, 1.82) is 0 Å². The smallest absolute Gasteiger partial charge is 0.179 e. The standard InChI is InChI=1S/C34H30N6O/c1-4-41-27-20-16-24(17-21-27)31-30-23(3)38-40(26-10-6-5-7-11-26)33(30)37-34-32(35-25-18-14-22(2)15-19-25)36-28-12-8-9-13-29(28)39(31)34/h5-21,31H,4H2,1-3H3,(H,35,36). The zero-order valence-corrected chi connectivity index (χ0v) is 23.2. The van der Waals surface area contributed by atoms with E-state index in [9.17, 15) is 0 Å². The van der Waals surface area contributed by atoms with Crippen LogP contribution in [0.3, 0.4) is 0 Å². The molecule has 5 aromatic rings. The molecule has 0 bridgehead atoms. The second-order valence-corrected chi connectivity index (χ2v) is 10.2. The van der Waals surface area contributed by atoms with E-state index in [0.29, 0.717) is 12.4 Å². The van der Waals surface area contributed by atoms with Gasteiger partial charge in [0.2, 0.25) is 0 Å². The van der Waals surface area contributed by atoms with Gasteiger partial charge in [0.25, 0.3) is 0 Å². The molecule has 1 N–H and O–H groups in total. The van der Waals surface area contributed by atoms with E-state index in [-0.39, 0.29) is 6.04 Å². The van der Waals surface area contributed by atoms with Crippen LogP contribution < -0.4 is 15.0 Å². The molecule has 0 saturated heterocycles. The third kappa shape index (κ3) is 4.36. The first kappa shape index (κ1) is 24.8. The molecule has 1 unspecified atom stereocenters. The van der Waals surface area contributed by atoms with Crippen molar-refractivity contribution in [1.82, 2.24) is 9.78 Å². The molecule has 7 nitrogen and oxygen atoms in total. The molecule has 2 aliphatic rings. The van der Waals surface area contributed by atoms with Gasteiger partial charge >= 0.3 is 0 Å². The molecule has 202 valence electrons. The number of aryl methyl sites for hydroxylation is 2. The van der Waals surface area contributed by atoms with Crippen molar-refractivity contribution >= 4 is 34.6 Å². The molecule has 3 heterocycles. The van der Waals surface area contributed by atoms with Gasteiger partial charge in [-0.05, 0) is 74.9 Å². The Morgan fingerprint density at radius 2 is 1.54 bits per heavy atom. The van der Waals surface area contributed by atoms with E-state index >= 15 is 0 Å². The lowest BCUT2D eigenvalue weighted by Crippen LogP contribution is -2.46. The van der Waals surface area contributed by atoms with Gasteiger partial charge in [0.15, 0.2) is 17.5 Å². The summed E-state index contributed by atoms with van der Waals surface area (Å²) in [5.74, 6) is 3.08. The van der Waals surface area contributed by atoms with Gasteiger partial charge < -0.3 is 15.0 Å². The summed E-state index contributed by atoms with van der Waals surface area (Å²) in [7, 11) is 0. The van der Waals surface area contributed by atoms with Crippen molar-refractivity contribution < 1.29 is 4.74 Å². The van der Waals surface area contributed by atoms with Crippen LogP contribution in [0.1, 0.15) is 35.3 Å². The molecule has 0 radical (unpaired) electrons. The lowest BCUT2D eigenvalue weighted by Gasteiger charge is -2.40. The number of hydrogen-bond acceptors (Lipinski definition) is 6. The van der Waals surface area contributed by atoms with Gasteiger partial charge in [0, 0.05) is 11.3 Å². The Labute approximate surface area is 239 Å². The van der Waals surface area contributed by atoms with Crippen molar-refractivity contribution in [2.24, 2.45) is 9.98 Å². The maximum atomic E-state index is 5.78. The van der Waals surface area contributed by atoms with Crippen LogP contribution in [0.5, 0.6) is 5.75 Å². The first-order valence-corrected chi connectivity index (χ1v) is 13.9. The number of fused-ring (bicyclic) bond motifs is 4. The van der Waals surface area contributed by atoms with E-state index in [1.54, 1.807) is 0 Å². The molecule has 2 aliphatic heterocycles. The lowest BCUT2D eigenvalue weighted by atomic mass is 9.93. The molecular weight excluding hydrogens is 508 g/mol. The normalized spacial score (nSPS) is 15.3. The molecule has 7 heteroatoms. The van der Waals surface area contributed by atoms with Gasteiger partial charge in [-0.1, -0.05) is 60.2 Å². The summed E-state index contributed by atoms with van der Waals surface area (Å²) in [5.41, 5.74) is 8.10. The zero-order chi connectivity index (χ0) is 27.9. The fourth-order valence-corrected chi connectivity index (χ4v) is 5.55. The van der Waals surface area contributed by atoms with Crippen LogP contribution in [0.4, 0.5) is 22.9 Å². The first-order chi connectivity index (χ1) is 20.1. The molecule has 7 rings (SSSR count). The quantitative estimate of drug-likeness (QED) is 0.249. The van der Waals surface area contributed by atoms with Gasteiger partial charge in [-0.15, -0.1) is 0 Å². The number of amidine groups is 2.